The molecular weight excluding hydrogens is 272 g/mol. The Morgan fingerprint density at radius 1 is 1.15 bits per heavy atom. The smallest absolute Gasteiger partial charge is 0.0952 e. The van der Waals surface area contributed by atoms with E-state index in [9.17, 15) is 0 Å². The van der Waals surface area contributed by atoms with Crippen LogP contribution in [0.5, 0.6) is 0 Å². The first-order valence-corrected chi connectivity index (χ1v) is 7.17. The van der Waals surface area contributed by atoms with Crippen LogP contribution in [0.15, 0.2) is 48.8 Å². The van der Waals surface area contributed by atoms with Gasteiger partial charge in [-0.2, -0.15) is 0 Å². The molecule has 1 saturated heterocycles. The SMILES string of the molecule is Clc1ccc(C2CN(Cc3ccncc3)CCO2)cc1. The molecule has 1 aromatic carbocycles. The molecule has 0 bridgehead atoms. The monoisotopic (exact) mass is 288 g/mol. The van der Waals surface area contributed by atoms with Gasteiger partial charge in [0.25, 0.3) is 0 Å². The van der Waals surface area contributed by atoms with E-state index in [1.807, 2.05) is 36.7 Å². The van der Waals surface area contributed by atoms with Crippen LogP contribution in [0.25, 0.3) is 0 Å². The van der Waals surface area contributed by atoms with E-state index in [4.69, 9.17) is 16.3 Å². The van der Waals surface area contributed by atoms with E-state index in [1.54, 1.807) is 0 Å². The van der Waals surface area contributed by atoms with Crippen molar-refractivity contribution < 1.29 is 4.74 Å². The molecule has 0 aliphatic carbocycles. The Kier molecular flexibility index (Phi) is 4.31. The van der Waals surface area contributed by atoms with Crippen LogP contribution in [0, 0.1) is 0 Å². The third-order valence-corrected chi connectivity index (χ3v) is 3.80. The third-order valence-electron chi connectivity index (χ3n) is 3.55. The first kappa shape index (κ1) is 13.6. The van der Waals surface area contributed by atoms with Gasteiger partial charge in [-0.25, -0.2) is 0 Å². The predicted octanol–water partition coefficient (Wildman–Crippen LogP) is 3.31. The van der Waals surface area contributed by atoms with Crippen molar-refractivity contribution >= 4 is 11.6 Å². The van der Waals surface area contributed by atoms with Gasteiger partial charge >= 0.3 is 0 Å². The van der Waals surface area contributed by atoms with Gasteiger partial charge in [-0.1, -0.05) is 23.7 Å². The van der Waals surface area contributed by atoms with E-state index in [-0.39, 0.29) is 6.10 Å². The Hall–Kier alpha value is -1.42. The fraction of sp³-hybridized carbons (Fsp3) is 0.312. The molecule has 1 aliphatic heterocycles. The number of pyridine rings is 1. The van der Waals surface area contributed by atoms with Gasteiger partial charge in [0.05, 0.1) is 12.7 Å². The maximum absolute atomic E-state index is 5.93. The zero-order chi connectivity index (χ0) is 13.8. The number of nitrogens with zero attached hydrogens (tertiary/aromatic N) is 2. The minimum Gasteiger partial charge on any atom is -0.371 e. The molecule has 20 heavy (non-hydrogen) atoms. The zero-order valence-corrected chi connectivity index (χ0v) is 12.0. The standard InChI is InChI=1S/C16H17ClN2O/c17-15-3-1-14(2-4-15)16-12-19(9-10-20-16)11-13-5-7-18-8-6-13/h1-8,16H,9-12H2. The van der Waals surface area contributed by atoms with Gasteiger partial charge in [-0.05, 0) is 35.4 Å². The van der Waals surface area contributed by atoms with Gasteiger partial charge in [0.15, 0.2) is 0 Å². The Morgan fingerprint density at radius 3 is 2.65 bits per heavy atom. The Labute approximate surface area is 124 Å². The van der Waals surface area contributed by atoms with Crippen molar-refractivity contribution in [2.45, 2.75) is 12.6 Å². The highest BCUT2D eigenvalue weighted by molar-refractivity contribution is 6.30. The molecule has 0 saturated carbocycles. The van der Waals surface area contributed by atoms with Crippen molar-refractivity contribution in [1.82, 2.24) is 9.88 Å². The average molecular weight is 289 g/mol. The van der Waals surface area contributed by atoms with Crippen molar-refractivity contribution in [2.75, 3.05) is 19.7 Å². The molecule has 0 radical (unpaired) electrons. The summed E-state index contributed by atoms with van der Waals surface area (Å²) in [5.41, 5.74) is 2.48. The van der Waals surface area contributed by atoms with Crippen molar-refractivity contribution in [1.29, 1.82) is 0 Å². The predicted molar refractivity (Wildman–Crippen MR) is 79.7 cm³/mol. The number of ether oxygens (including phenoxy) is 1. The van der Waals surface area contributed by atoms with Gasteiger partial charge in [-0.3, -0.25) is 9.88 Å². The second-order valence-electron chi connectivity index (χ2n) is 5.00. The fourth-order valence-electron chi connectivity index (χ4n) is 2.47. The maximum atomic E-state index is 5.93. The van der Waals surface area contributed by atoms with Gasteiger partial charge in [-0.15, -0.1) is 0 Å². The lowest BCUT2D eigenvalue weighted by molar-refractivity contribution is -0.0329. The molecular formula is C16H17ClN2O. The summed E-state index contributed by atoms with van der Waals surface area (Å²) in [5.74, 6) is 0. The minimum atomic E-state index is 0.128. The normalized spacial score (nSPS) is 19.9. The summed E-state index contributed by atoms with van der Waals surface area (Å²) in [6, 6.07) is 12.1. The molecule has 1 aliphatic rings. The largest absolute Gasteiger partial charge is 0.371 e. The molecule has 0 amide bonds. The van der Waals surface area contributed by atoms with Gasteiger partial charge in [0.2, 0.25) is 0 Å². The Morgan fingerprint density at radius 2 is 1.90 bits per heavy atom. The van der Waals surface area contributed by atoms with Crippen LogP contribution in [0.3, 0.4) is 0 Å². The number of rotatable bonds is 3. The van der Waals surface area contributed by atoms with Gasteiger partial charge in [0, 0.05) is 37.1 Å². The summed E-state index contributed by atoms with van der Waals surface area (Å²) in [6.07, 6.45) is 3.81. The van der Waals surface area contributed by atoms with Crippen LogP contribution in [0.4, 0.5) is 0 Å². The lowest BCUT2D eigenvalue weighted by atomic mass is 10.1. The van der Waals surface area contributed by atoms with Crippen LogP contribution in [0.1, 0.15) is 17.2 Å². The maximum Gasteiger partial charge on any atom is 0.0952 e. The summed E-state index contributed by atoms with van der Waals surface area (Å²) in [6.45, 7) is 3.57. The second kappa shape index (κ2) is 6.35. The van der Waals surface area contributed by atoms with E-state index >= 15 is 0 Å². The topological polar surface area (TPSA) is 25.4 Å². The average Bonchev–Trinajstić information content (AvgIpc) is 2.49. The summed E-state index contributed by atoms with van der Waals surface area (Å²) in [4.78, 5) is 6.47. The number of halogens is 1. The summed E-state index contributed by atoms with van der Waals surface area (Å²) in [5, 5.41) is 0.762. The van der Waals surface area contributed by atoms with E-state index < -0.39 is 0 Å². The molecule has 1 atom stereocenters. The van der Waals surface area contributed by atoms with E-state index in [0.717, 1.165) is 31.3 Å². The van der Waals surface area contributed by atoms with Crippen LogP contribution in [-0.2, 0) is 11.3 Å². The highest BCUT2D eigenvalue weighted by Crippen LogP contribution is 2.24. The van der Waals surface area contributed by atoms with Crippen LogP contribution >= 0.6 is 11.6 Å². The van der Waals surface area contributed by atoms with Gasteiger partial charge in [0.1, 0.15) is 0 Å². The zero-order valence-electron chi connectivity index (χ0n) is 11.2. The van der Waals surface area contributed by atoms with E-state index in [2.05, 4.69) is 22.0 Å². The van der Waals surface area contributed by atoms with Crippen molar-refractivity contribution in [2.24, 2.45) is 0 Å². The molecule has 3 nitrogen and oxygen atoms in total. The molecule has 2 aromatic rings. The molecule has 1 aromatic heterocycles. The van der Waals surface area contributed by atoms with Gasteiger partial charge < -0.3 is 4.74 Å². The number of hydrogen-bond donors (Lipinski definition) is 0. The Balaban J connectivity index is 1.66. The van der Waals surface area contributed by atoms with Crippen LogP contribution < -0.4 is 0 Å². The fourth-order valence-corrected chi connectivity index (χ4v) is 2.60. The molecule has 1 unspecified atom stereocenters. The minimum absolute atomic E-state index is 0.128. The second-order valence-corrected chi connectivity index (χ2v) is 5.44. The van der Waals surface area contributed by atoms with Crippen LogP contribution in [0.2, 0.25) is 5.02 Å². The quantitative estimate of drug-likeness (QED) is 0.866. The number of morpholine rings is 1. The lowest BCUT2D eigenvalue weighted by Gasteiger charge is -2.33. The molecule has 3 rings (SSSR count). The van der Waals surface area contributed by atoms with Crippen LogP contribution in [-0.4, -0.2) is 29.6 Å². The molecule has 0 spiro atoms. The van der Waals surface area contributed by atoms with E-state index in [1.165, 1.54) is 11.1 Å². The molecule has 0 N–H and O–H groups in total. The molecule has 104 valence electrons. The van der Waals surface area contributed by atoms with Crippen molar-refractivity contribution in [3.05, 3.63) is 64.9 Å². The first-order valence-electron chi connectivity index (χ1n) is 6.79. The third kappa shape index (κ3) is 3.37. The Bertz CT molecular complexity index is 544. The first-order chi connectivity index (χ1) is 9.81. The summed E-state index contributed by atoms with van der Waals surface area (Å²) >= 11 is 5.93. The number of aromatic nitrogens is 1. The highest BCUT2D eigenvalue weighted by atomic mass is 35.5. The van der Waals surface area contributed by atoms with Crippen molar-refractivity contribution in [3.8, 4) is 0 Å². The summed E-state index contributed by atoms with van der Waals surface area (Å²) in [7, 11) is 0. The lowest BCUT2D eigenvalue weighted by Crippen LogP contribution is -2.37. The van der Waals surface area contributed by atoms with Crippen molar-refractivity contribution in [3.63, 3.8) is 0 Å². The number of hydrogen-bond acceptors (Lipinski definition) is 3. The molecule has 1 fully saturated rings. The summed E-state index contributed by atoms with van der Waals surface area (Å²) < 4.78 is 5.87. The highest BCUT2D eigenvalue weighted by Gasteiger charge is 2.21. The van der Waals surface area contributed by atoms with E-state index in [0.29, 0.717) is 0 Å². The molecule has 4 heteroatoms. The number of benzene rings is 1. The molecule has 2 heterocycles.